The van der Waals surface area contributed by atoms with Gasteiger partial charge in [0.2, 0.25) is 5.91 Å². The van der Waals surface area contributed by atoms with E-state index < -0.39 is 17.7 Å². The molecule has 0 bridgehead atoms. The second kappa shape index (κ2) is 11.0. The van der Waals surface area contributed by atoms with Gasteiger partial charge in [-0.2, -0.15) is 0 Å². The Balaban J connectivity index is 1.22. The lowest BCUT2D eigenvalue weighted by atomic mass is 10.00. The van der Waals surface area contributed by atoms with Gasteiger partial charge < -0.3 is 19.4 Å². The molecule has 2 aliphatic heterocycles. The number of nitrogens with zero attached hydrogens (tertiary/aromatic N) is 2. The number of rotatable bonds is 4. The first-order valence-electron chi connectivity index (χ1n) is 15.2. The van der Waals surface area contributed by atoms with E-state index in [0.717, 1.165) is 57.2 Å². The highest BCUT2D eigenvalue weighted by Crippen LogP contribution is 2.42. The molecule has 0 radical (unpaired) electrons. The average Bonchev–Trinajstić information content (AvgIpc) is 3.34. The minimum Gasteiger partial charge on any atom is -0.444 e. The van der Waals surface area contributed by atoms with Crippen LogP contribution < -0.4 is 15.6 Å². The summed E-state index contributed by atoms with van der Waals surface area (Å²) < 4.78 is 14.1. The Bertz CT molecular complexity index is 1980. The lowest BCUT2D eigenvalue weighted by Gasteiger charge is -2.40. The number of ether oxygens (including phenoxy) is 1. The van der Waals surface area contributed by atoms with Crippen molar-refractivity contribution >= 4 is 66.1 Å². The summed E-state index contributed by atoms with van der Waals surface area (Å²) in [5.41, 5.74) is 2.51. The average molecular weight is 610 g/mol. The molecule has 3 aromatic carbocycles. The molecule has 1 atom stereocenters. The van der Waals surface area contributed by atoms with Crippen LogP contribution in [-0.4, -0.2) is 48.2 Å². The number of hydrogen-bond donors (Lipinski definition) is 1. The molecule has 4 heterocycles. The number of amides is 2. The van der Waals surface area contributed by atoms with Crippen molar-refractivity contribution in [1.29, 1.82) is 0 Å². The van der Waals surface area contributed by atoms with E-state index in [1.54, 1.807) is 17.4 Å². The molecule has 2 fully saturated rings. The van der Waals surface area contributed by atoms with Crippen LogP contribution in [0.2, 0.25) is 0 Å². The zero-order valence-corrected chi connectivity index (χ0v) is 26.0. The van der Waals surface area contributed by atoms with E-state index >= 15 is 0 Å². The van der Waals surface area contributed by atoms with Crippen LogP contribution in [-0.2, 0) is 9.53 Å². The van der Waals surface area contributed by atoms with Crippen LogP contribution >= 0.6 is 11.3 Å². The quantitative estimate of drug-likeness (QED) is 0.224. The number of nitrogens with one attached hydrogen (secondary N) is 1. The number of carbonyl (C=O) groups excluding carboxylic acids is 2. The molecule has 7 rings (SSSR count). The third-order valence-electron chi connectivity index (χ3n) is 8.41. The van der Waals surface area contributed by atoms with Gasteiger partial charge in [-0.25, -0.2) is 4.79 Å². The van der Waals surface area contributed by atoms with Crippen molar-refractivity contribution < 1.29 is 18.7 Å². The molecule has 0 saturated carbocycles. The summed E-state index contributed by atoms with van der Waals surface area (Å²) >= 11 is 1.67. The van der Waals surface area contributed by atoms with Crippen LogP contribution in [0.3, 0.4) is 0 Å². The van der Waals surface area contributed by atoms with Crippen LogP contribution in [0.4, 0.5) is 16.4 Å². The summed E-state index contributed by atoms with van der Waals surface area (Å²) in [6.45, 7) is 7.72. The standard InChI is InChI=1S/C35H35N3O5S/c1-35(2,3)43-34(41)38-18-15-27(38)33(40)36-21-13-14-29-26(19-21)24-11-8-10-23(32(24)44-29)22-9-7-12-25-28(39)20-30(42-31(22)25)37-16-5-4-6-17-37/h7-14,19-20,27H,4-6,15-18H2,1-3H3,(H,36,40). The first-order chi connectivity index (χ1) is 21.2. The summed E-state index contributed by atoms with van der Waals surface area (Å²) in [5, 5.41) is 5.67. The second-order valence-corrected chi connectivity index (χ2v) is 13.7. The topological polar surface area (TPSA) is 92.1 Å². The van der Waals surface area contributed by atoms with Crippen LogP contribution in [0.15, 0.2) is 69.9 Å². The molecule has 9 heteroatoms. The highest BCUT2D eigenvalue weighted by atomic mass is 32.1. The van der Waals surface area contributed by atoms with E-state index in [4.69, 9.17) is 9.15 Å². The van der Waals surface area contributed by atoms with Crippen LogP contribution in [0.5, 0.6) is 0 Å². The highest BCUT2D eigenvalue weighted by molar-refractivity contribution is 7.26. The number of hydrogen-bond acceptors (Lipinski definition) is 7. The van der Waals surface area contributed by atoms with Crippen LogP contribution in [0.1, 0.15) is 46.5 Å². The molecule has 8 nitrogen and oxygen atoms in total. The summed E-state index contributed by atoms with van der Waals surface area (Å²) in [6.07, 6.45) is 3.51. The van der Waals surface area contributed by atoms with E-state index in [1.165, 1.54) is 11.3 Å². The van der Waals surface area contributed by atoms with Gasteiger partial charge in [0.25, 0.3) is 0 Å². The monoisotopic (exact) mass is 609 g/mol. The fourth-order valence-corrected chi connectivity index (χ4v) is 7.37. The largest absolute Gasteiger partial charge is 0.444 e. The van der Waals surface area contributed by atoms with Crippen molar-refractivity contribution in [3.8, 4) is 11.1 Å². The van der Waals surface area contributed by atoms with Gasteiger partial charge in [0.05, 0.1) is 5.39 Å². The highest BCUT2D eigenvalue weighted by Gasteiger charge is 2.40. The minimum absolute atomic E-state index is 0.0331. The molecular weight excluding hydrogens is 574 g/mol. The maximum Gasteiger partial charge on any atom is 0.410 e. The lowest BCUT2D eigenvalue weighted by molar-refractivity contribution is -0.125. The number of likely N-dealkylation sites (tertiary alicyclic amines) is 1. The summed E-state index contributed by atoms with van der Waals surface area (Å²) in [7, 11) is 0. The van der Waals surface area contributed by atoms with Gasteiger partial charge in [-0.15, -0.1) is 11.3 Å². The maximum absolute atomic E-state index is 13.2. The van der Waals surface area contributed by atoms with Crippen LogP contribution in [0, 0.1) is 0 Å². The number of anilines is 2. The van der Waals surface area contributed by atoms with Gasteiger partial charge in [-0.3, -0.25) is 14.5 Å². The second-order valence-electron chi connectivity index (χ2n) is 12.6. The van der Waals surface area contributed by atoms with Crippen molar-refractivity contribution in [2.75, 3.05) is 29.9 Å². The Hall–Kier alpha value is -4.37. The molecule has 1 N–H and O–H groups in total. The van der Waals surface area contributed by atoms with Crippen LogP contribution in [0.25, 0.3) is 42.3 Å². The fourth-order valence-electron chi connectivity index (χ4n) is 6.16. The fraction of sp³-hybridized carbons (Fsp3) is 0.343. The van der Waals surface area contributed by atoms with E-state index in [0.29, 0.717) is 35.5 Å². The maximum atomic E-state index is 13.2. The van der Waals surface area contributed by atoms with Crippen molar-refractivity contribution in [3.63, 3.8) is 0 Å². The predicted molar refractivity (Wildman–Crippen MR) is 177 cm³/mol. The molecule has 0 spiro atoms. The van der Waals surface area contributed by atoms with Gasteiger partial charge in [0.1, 0.15) is 17.2 Å². The van der Waals surface area contributed by atoms with Crippen molar-refractivity contribution in [2.24, 2.45) is 0 Å². The number of thiophene rings is 1. The predicted octanol–water partition coefficient (Wildman–Crippen LogP) is 7.77. The van der Waals surface area contributed by atoms with E-state index in [2.05, 4.69) is 22.3 Å². The third kappa shape index (κ3) is 5.19. The normalized spacial score (nSPS) is 17.2. The molecule has 226 valence electrons. The molecule has 2 aliphatic rings. The SMILES string of the molecule is CC(C)(C)OC(=O)N1CCC1C(=O)Nc1ccc2sc3c(-c4cccc5c(=O)cc(N6CCCCC6)oc45)cccc3c2c1. The number of piperidine rings is 1. The molecule has 1 unspecified atom stereocenters. The van der Waals surface area contributed by atoms with Gasteiger partial charge in [-0.1, -0.05) is 30.3 Å². The Morgan fingerprint density at radius 1 is 0.909 bits per heavy atom. The van der Waals surface area contributed by atoms with E-state index in [9.17, 15) is 14.4 Å². The van der Waals surface area contributed by atoms with Crippen molar-refractivity contribution in [3.05, 3.63) is 70.9 Å². The molecule has 44 heavy (non-hydrogen) atoms. The summed E-state index contributed by atoms with van der Waals surface area (Å²) in [5.74, 6) is 0.409. The Morgan fingerprint density at radius 2 is 1.66 bits per heavy atom. The van der Waals surface area contributed by atoms with Gasteiger partial charge in [0, 0.05) is 62.7 Å². The zero-order chi connectivity index (χ0) is 30.6. The third-order valence-corrected chi connectivity index (χ3v) is 9.63. The molecule has 5 aromatic rings. The number of carbonyl (C=O) groups is 2. The summed E-state index contributed by atoms with van der Waals surface area (Å²) in [6, 6.07) is 18.9. The van der Waals surface area contributed by atoms with E-state index in [-0.39, 0.29) is 11.3 Å². The van der Waals surface area contributed by atoms with Crippen molar-refractivity contribution in [2.45, 2.75) is 58.1 Å². The Morgan fingerprint density at radius 3 is 2.39 bits per heavy atom. The zero-order valence-electron chi connectivity index (χ0n) is 25.1. The summed E-state index contributed by atoms with van der Waals surface area (Å²) in [4.78, 5) is 42.5. The molecular formula is C35H35N3O5S. The van der Waals surface area contributed by atoms with Gasteiger partial charge >= 0.3 is 6.09 Å². The molecule has 0 aliphatic carbocycles. The van der Waals surface area contributed by atoms with Crippen molar-refractivity contribution in [1.82, 2.24) is 4.90 Å². The molecule has 2 saturated heterocycles. The first kappa shape index (κ1) is 28.4. The minimum atomic E-state index is -0.620. The van der Waals surface area contributed by atoms with Gasteiger partial charge in [-0.05, 0) is 70.7 Å². The molecule has 2 amide bonds. The first-order valence-corrected chi connectivity index (χ1v) is 16.1. The molecule has 2 aromatic heterocycles. The van der Waals surface area contributed by atoms with Gasteiger partial charge in [0.15, 0.2) is 11.3 Å². The Kier molecular flexibility index (Phi) is 7.08. The number of para-hydroxylation sites is 1. The van der Waals surface area contributed by atoms with E-state index in [1.807, 2.05) is 63.2 Å². The lowest BCUT2D eigenvalue weighted by Crippen LogP contribution is -2.57. The number of benzene rings is 3. The smallest absolute Gasteiger partial charge is 0.410 e. The number of fused-ring (bicyclic) bond motifs is 4. The Labute approximate surface area is 259 Å².